The quantitative estimate of drug-likeness (QED) is 0.285. The summed E-state index contributed by atoms with van der Waals surface area (Å²) >= 11 is 12.2. The first-order chi connectivity index (χ1) is 15.3. The van der Waals surface area contributed by atoms with Crippen molar-refractivity contribution in [2.45, 2.75) is 19.4 Å². The maximum atomic E-state index is 13.1. The summed E-state index contributed by atoms with van der Waals surface area (Å²) in [6.45, 7) is 2.02. The number of aryl methyl sites for hydroxylation is 1. The van der Waals surface area contributed by atoms with Crippen molar-refractivity contribution in [1.82, 2.24) is 0 Å². The van der Waals surface area contributed by atoms with Crippen LogP contribution in [0.15, 0.2) is 72.3 Å². The van der Waals surface area contributed by atoms with Crippen LogP contribution in [-0.2, 0) is 16.0 Å². The first-order valence-corrected chi connectivity index (χ1v) is 10.7. The molecule has 0 aliphatic carbocycles. The van der Waals surface area contributed by atoms with Crippen molar-refractivity contribution < 1.29 is 19.8 Å². The van der Waals surface area contributed by atoms with Gasteiger partial charge in [0.15, 0.2) is 0 Å². The summed E-state index contributed by atoms with van der Waals surface area (Å²) in [6.07, 6.45) is 0.830. The number of anilines is 1. The summed E-state index contributed by atoms with van der Waals surface area (Å²) in [5.74, 6) is -1.85. The molecule has 7 heteroatoms. The van der Waals surface area contributed by atoms with Crippen molar-refractivity contribution in [2.24, 2.45) is 0 Å². The number of benzene rings is 3. The second-order valence-corrected chi connectivity index (χ2v) is 8.22. The van der Waals surface area contributed by atoms with E-state index in [1.54, 1.807) is 30.3 Å². The Morgan fingerprint density at radius 3 is 2.19 bits per heavy atom. The van der Waals surface area contributed by atoms with Crippen LogP contribution in [-0.4, -0.2) is 21.9 Å². The third kappa shape index (κ3) is 3.85. The van der Waals surface area contributed by atoms with Crippen molar-refractivity contribution in [3.63, 3.8) is 0 Å². The van der Waals surface area contributed by atoms with Gasteiger partial charge in [-0.05, 0) is 47.9 Å². The van der Waals surface area contributed by atoms with Gasteiger partial charge >= 0.3 is 0 Å². The van der Waals surface area contributed by atoms with Crippen LogP contribution in [0.5, 0.6) is 5.75 Å². The van der Waals surface area contributed by atoms with E-state index in [-0.39, 0.29) is 22.1 Å². The lowest BCUT2D eigenvalue weighted by atomic mass is 9.94. The van der Waals surface area contributed by atoms with E-state index in [1.807, 2.05) is 19.1 Å². The Hall–Kier alpha value is -3.28. The number of phenols is 1. The lowest BCUT2D eigenvalue weighted by molar-refractivity contribution is -0.132. The molecule has 4 rings (SSSR count). The molecule has 5 nitrogen and oxygen atoms in total. The Morgan fingerprint density at radius 2 is 1.59 bits per heavy atom. The van der Waals surface area contributed by atoms with E-state index in [0.717, 1.165) is 12.0 Å². The number of carbonyl (C=O) groups excluding carboxylic acids is 2. The lowest BCUT2D eigenvalue weighted by Gasteiger charge is -2.25. The molecule has 162 valence electrons. The number of hydrogen-bond acceptors (Lipinski definition) is 4. The third-order valence-electron chi connectivity index (χ3n) is 5.47. The van der Waals surface area contributed by atoms with E-state index in [2.05, 4.69) is 0 Å². The molecule has 1 saturated heterocycles. The number of Topliss-reactive ketones (excluding diaryl/α,β-unsaturated/α-hetero) is 1. The largest absolute Gasteiger partial charge is 0.508 e. The number of nitrogens with zero attached hydrogens (tertiary/aromatic N) is 1. The Balaban J connectivity index is 1.92. The van der Waals surface area contributed by atoms with Gasteiger partial charge in [-0.1, -0.05) is 66.5 Å². The highest BCUT2D eigenvalue weighted by molar-refractivity contribution is 6.52. The Kier molecular flexibility index (Phi) is 5.96. The van der Waals surface area contributed by atoms with Crippen LogP contribution >= 0.6 is 23.2 Å². The number of aliphatic hydroxyl groups is 1. The van der Waals surface area contributed by atoms with Gasteiger partial charge in [-0.15, -0.1) is 0 Å². The van der Waals surface area contributed by atoms with Crippen molar-refractivity contribution >= 4 is 46.3 Å². The number of carbonyl (C=O) groups is 2. The zero-order valence-electron chi connectivity index (χ0n) is 17.0. The van der Waals surface area contributed by atoms with Crippen LogP contribution in [0, 0.1) is 0 Å². The van der Waals surface area contributed by atoms with Gasteiger partial charge in [0.2, 0.25) is 0 Å². The van der Waals surface area contributed by atoms with Gasteiger partial charge < -0.3 is 10.2 Å². The molecule has 1 fully saturated rings. The molecule has 0 spiro atoms. The lowest BCUT2D eigenvalue weighted by Crippen LogP contribution is -2.29. The predicted octanol–water partition coefficient (Wildman–Crippen LogP) is 5.89. The molecule has 0 aromatic heterocycles. The van der Waals surface area contributed by atoms with E-state index in [1.165, 1.54) is 29.2 Å². The first-order valence-electron chi connectivity index (χ1n) is 9.96. The molecular weight excluding hydrogens is 449 g/mol. The van der Waals surface area contributed by atoms with Gasteiger partial charge in [0.1, 0.15) is 11.5 Å². The third-order valence-corrected chi connectivity index (χ3v) is 6.21. The van der Waals surface area contributed by atoms with Crippen LogP contribution < -0.4 is 4.90 Å². The minimum absolute atomic E-state index is 0.0374. The zero-order chi connectivity index (χ0) is 23.0. The topological polar surface area (TPSA) is 77.8 Å². The van der Waals surface area contributed by atoms with Gasteiger partial charge in [0, 0.05) is 11.3 Å². The minimum Gasteiger partial charge on any atom is -0.508 e. The van der Waals surface area contributed by atoms with Crippen molar-refractivity contribution in [1.29, 1.82) is 0 Å². The van der Waals surface area contributed by atoms with E-state index in [9.17, 15) is 19.8 Å². The normalized spacial score (nSPS) is 17.7. The van der Waals surface area contributed by atoms with Crippen LogP contribution in [0.1, 0.15) is 29.7 Å². The summed E-state index contributed by atoms with van der Waals surface area (Å²) in [7, 11) is 0. The van der Waals surface area contributed by atoms with E-state index in [0.29, 0.717) is 21.8 Å². The van der Waals surface area contributed by atoms with E-state index in [4.69, 9.17) is 23.2 Å². The number of phenolic OH excluding ortho intramolecular Hbond substituents is 1. The Bertz CT molecular complexity index is 1230. The molecule has 1 atom stereocenters. The van der Waals surface area contributed by atoms with Crippen LogP contribution in [0.3, 0.4) is 0 Å². The number of aliphatic hydroxyl groups excluding tert-OH is 1. The number of halogens is 2. The maximum absolute atomic E-state index is 13.1. The molecule has 1 amide bonds. The number of aromatic hydroxyl groups is 1. The fourth-order valence-electron chi connectivity index (χ4n) is 3.76. The molecule has 1 unspecified atom stereocenters. The molecule has 1 heterocycles. The molecule has 0 radical (unpaired) electrons. The van der Waals surface area contributed by atoms with E-state index < -0.39 is 17.7 Å². The van der Waals surface area contributed by atoms with Gasteiger partial charge in [-0.25, -0.2) is 0 Å². The molecule has 32 heavy (non-hydrogen) atoms. The second kappa shape index (κ2) is 8.69. The van der Waals surface area contributed by atoms with Crippen molar-refractivity contribution in [3.05, 3.63) is 99.0 Å². The molecule has 3 aromatic carbocycles. The smallest absolute Gasteiger partial charge is 0.300 e. The SMILES string of the molecule is CCc1ccc(/C(O)=C2\C(=O)C(=O)N(c3ccc(Cl)c(Cl)c3)C2c2ccc(O)cc2)cc1. The highest BCUT2D eigenvalue weighted by Crippen LogP contribution is 2.43. The van der Waals surface area contributed by atoms with Gasteiger partial charge in [0.05, 0.1) is 21.7 Å². The number of ketones is 1. The highest BCUT2D eigenvalue weighted by atomic mass is 35.5. The molecule has 0 saturated carbocycles. The average Bonchev–Trinajstić information content (AvgIpc) is 3.06. The van der Waals surface area contributed by atoms with Gasteiger partial charge in [-0.2, -0.15) is 0 Å². The Labute approximate surface area is 195 Å². The molecule has 0 bridgehead atoms. The van der Waals surface area contributed by atoms with Crippen LogP contribution in [0.4, 0.5) is 5.69 Å². The summed E-state index contributed by atoms with van der Waals surface area (Å²) in [5.41, 5.74) is 2.36. The Morgan fingerprint density at radius 1 is 0.938 bits per heavy atom. The summed E-state index contributed by atoms with van der Waals surface area (Å²) < 4.78 is 0. The monoisotopic (exact) mass is 467 g/mol. The summed E-state index contributed by atoms with van der Waals surface area (Å²) in [4.78, 5) is 27.5. The summed E-state index contributed by atoms with van der Waals surface area (Å²) in [5, 5.41) is 21.4. The fourth-order valence-corrected chi connectivity index (χ4v) is 4.05. The summed E-state index contributed by atoms with van der Waals surface area (Å²) in [6, 6.07) is 17.0. The van der Waals surface area contributed by atoms with Gasteiger partial charge in [-0.3, -0.25) is 14.5 Å². The average molecular weight is 468 g/mol. The van der Waals surface area contributed by atoms with Gasteiger partial charge in [0.25, 0.3) is 11.7 Å². The molecule has 1 aliphatic heterocycles. The molecular formula is C25H19Cl2NO4. The van der Waals surface area contributed by atoms with Crippen LogP contribution in [0.25, 0.3) is 5.76 Å². The number of amides is 1. The zero-order valence-corrected chi connectivity index (χ0v) is 18.6. The van der Waals surface area contributed by atoms with E-state index >= 15 is 0 Å². The second-order valence-electron chi connectivity index (χ2n) is 7.41. The highest BCUT2D eigenvalue weighted by Gasteiger charge is 2.47. The van der Waals surface area contributed by atoms with Crippen LogP contribution in [0.2, 0.25) is 10.0 Å². The number of hydrogen-bond donors (Lipinski definition) is 2. The molecule has 2 N–H and O–H groups in total. The molecule has 1 aliphatic rings. The van der Waals surface area contributed by atoms with Crippen molar-refractivity contribution in [2.75, 3.05) is 4.90 Å². The van der Waals surface area contributed by atoms with Crippen molar-refractivity contribution in [3.8, 4) is 5.75 Å². The number of rotatable bonds is 4. The standard InChI is InChI=1S/C25H19Cl2NO4/c1-2-14-3-5-16(6-4-14)23(30)21-22(15-7-10-18(29)11-8-15)28(25(32)24(21)31)17-9-12-19(26)20(27)13-17/h3-13,22,29-30H,2H2,1H3/b23-21+. The minimum atomic E-state index is -0.918. The maximum Gasteiger partial charge on any atom is 0.300 e. The molecule has 3 aromatic rings. The first kappa shape index (κ1) is 21.9. The fraction of sp³-hybridized carbons (Fsp3) is 0.120. The predicted molar refractivity (Wildman–Crippen MR) is 125 cm³/mol.